The summed E-state index contributed by atoms with van der Waals surface area (Å²) in [4.78, 5) is 11.1. The topological polar surface area (TPSA) is 35.5 Å². The number of Topliss-reactive ketones (excluding diaryl/α,β-unsaturated/α-hetero) is 1. The zero-order valence-electron chi connectivity index (χ0n) is 9.86. The summed E-state index contributed by atoms with van der Waals surface area (Å²) < 4.78 is 10.3. The van der Waals surface area contributed by atoms with Crippen molar-refractivity contribution >= 4 is 5.78 Å². The average Bonchev–Trinajstić information content (AvgIpc) is 2.34. The fourth-order valence-corrected chi connectivity index (χ4v) is 1.24. The minimum atomic E-state index is 0.114. The molecule has 0 aliphatic carbocycles. The molecule has 0 aromatic heterocycles. The lowest BCUT2D eigenvalue weighted by molar-refractivity contribution is -0.120. The zero-order chi connectivity index (χ0) is 11.8. The van der Waals surface area contributed by atoms with Gasteiger partial charge in [0.05, 0.1) is 6.61 Å². The predicted octanol–water partition coefficient (Wildman–Crippen LogP) is 2.23. The third-order valence-electron chi connectivity index (χ3n) is 2.31. The first-order valence-electron chi connectivity index (χ1n) is 5.48. The summed E-state index contributed by atoms with van der Waals surface area (Å²) in [5.74, 6) is 0.853. The van der Waals surface area contributed by atoms with Gasteiger partial charge in [-0.2, -0.15) is 0 Å². The maximum atomic E-state index is 11.1. The molecule has 1 aromatic rings. The van der Waals surface area contributed by atoms with E-state index >= 15 is 0 Å². The molecule has 0 amide bonds. The number of carbonyl (C=O) groups is 1. The molecule has 0 unspecified atom stereocenters. The average molecular weight is 222 g/mol. The second kappa shape index (κ2) is 7.01. The Morgan fingerprint density at radius 2 is 1.94 bits per heavy atom. The van der Waals surface area contributed by atoms with Gasteiger partial charge in [-0.25, -0.2) is 0 Å². The molecule has 3 nitrogen and oxygen atoms in total. The van der Waals surface area contributed by atoms with Crippen molar-refractivity contribution in [3.05, 3.63) is 29.8 Å². The number of carbonyl (C=O) groups excluding carboxylic acids is 1. The van der Waals surface area contributed by atoms with Gasteiger partial charge in [0.2, 0.25) is 0 Å². The molecule has 0 atom stereocenters. The van der Waals surface area contributed by atoms with Crippen molar-refractivity contribution < 1.29 is 14.3 Å². The van der Waals surface area contributed by atoms with Crippen molar-refractivity contribution in [2.75, 3.05) is 20.3 Å². The van der Waals surface area contributed by atoms with E-state index in [2.05, 4.69) is 0 Å². The van der Waals surface area contributed by atoms with Crippen LogP contribution in [0.4, 0.5) is 0 Å². The molecule has 3 heteroatoms. The minimum absolute atomic E-state index is 0.114. The fraction of sp³-hybridized carbons (Fsp3) is 0.462. The van der Waals surface area contributed by atoms with Crippen LogP contribution in [-0.4, -0.2) is 26.1 Å². The van der Waals surface area contributed by atoms with Crippen molar-refractivity contribution in [2.45, 2.75) is 19.8 Å². The highest BCUT2D eigenvalue weighted by molar-refractivity contribution is 5.79. The SMILES string of the molecule is CCC(=O)COc1ccc(CCOC)cc1. The van der Waals surface area contributed by atoms with Crippen molar-refractivity contribution in [2.24, 2.45) is 0 Å². The normalized spacial score (nSPS) is 10.1. The lowest BCUT2D eigenvalue weighted by Gasteiger charge is -2.05. The van der Waals surface area contributed by atoms with Gasteiger partial charge in [0.25, 0.3) is 0 Å². The number of ketones is 1. The molecular weight excluding hydrogens is 204 g/mol. The molecule has 0 radical (unpaired) electrons. The van der Waals surface area contributed by atoms with E-state index in [1.807, 2.05) is 31.2 Å². The molecule has 88 valence electrons. The quantitative estimate of drug-likeness (QED) is 0.709. The highest BCUT2D eigenvalue weighted by atomic mass is 16.5. The van der Waals surface area contributed by atoms with Gasteiger partial charge in [0, 0.05) is 13.5 Å². The summed E-state index contributed by atoms with van der Waals surface area (Å²) in [7, 11) is 1.69. The van der Waals surface area contributed by atoms with E-state index in [9.17, 15) is 4.79 Å². The van der Waals surface area contributed by atoms with Gasteiger partial charge >= 0.3 is 0 Å². The standard InChI is InChI=1S/C13H18O3/c1-3-12(14)10-16-13-6-4-11(5-7-13)8-9-15-2/h4-7H,3,8-10H2,1-2H3. The lowest BCUT2D eigenvalue weighted by atomic mass is 10.1. The monoisotopic (exact) mass is 222 g/mol. The van der Waals surface area contributed by atoms with Gasteiger partial charge in [0.15, 0.2) is 5.78 Å². The van der Waals surface area contributed by atoms with E-state index in [1.165, 1.54) is 5.56 Å². The maximum Gasteiger partial charge on any atom is 0.169 e. The van der Waals surface area contributed by atoms with Crippen LogP contribution in [0.5, 0.6) is 5.75 Å². The Bertz CT molecular complexity index is 316. The molecule has 0 N–H and O–H groups in total. The summed E-state index contributed by atoms with van der Waals surface area (Å²) in [6.45, 7) is 2.71. The van der Waals surface area contributed by atoms with Crippen LogP contribution in [0.1, 0.15) is 18.9 Å². The number of benzene rings is 1. The minimum Gasteiger partial charge on any atom is -0.486 e. The fourth-order valence-electron chi connectivity index (χ4n) is 1.24. The largest absolute Gasteiger partial charge is 0.486 e. The van der Waals surface area contributed by atoms with Crippen LogP contribution in [0.15, 0.2) is 24.3 Å². The summed E-state index contributed by atoms with van der Waals surface area (Å²) in [6.07, 6.45) is 1.41. The van der Waals surface area contributed by atoms with Crippen LogP contribution in [-0.2, 0) is 16.0 Å². The first kappa shape index (κ1) is 12.7. The van der Waals surface area contributed by atoms with Gasteiger partial charge in [-0.05, 0) is 24.1 Å². The number of hydrogen-bond donors (Lipinski definition) is 0. The third-order valence-corrected chi connectivity index (χ3v) is 2.31. The number of ether oxygens (including phenoxy) is 2. The van der Waals surface area contributed by atoms with E-state index in [0.717, 1.165) is 12.2 Å². The summed E-state index contributed by atoms with van der Waals surface area (Å²) in [5, 5.41) is 0. The smallest absolute Gasteiger partial charge is 0.169 e. The predicted molar refractivity (Wildman–Crippen MR) is 62.8 cm³/mol. The number of rotatable bonds is 7. The van der Waals surface area contributed by atoms with Crippen LogP contribution in [0.25, 0.3) is 0 Å². The molecular formula is C13H18O3. The lowest BCUT2D eigenvalue weighted by Crippen LogP contribution is -2.09. The first-order chi connectivity index (χ1) is 7.76. The highest BCUT2D eigenvalue weighted by Gasteiger charge is 2.00. The Morgan fingerprint density at radius 1 is 1.25 bits per heavy atom. The van der Waals surface area contributed by atoms with Crippen LogP contribution in [0.2, 0.25) is 0 Å². The molecule has 0 heterocycles. The van der Waals surface area contributed by atoms with Crippen LogP contribution in [0.3, 0.4) is 0 Å². The van der Waals surface area contributed by atoms with E-state index in [0.29, 0.717) is 13.0 Å². The van der Waals surface area contributed by atoms with E-state index in [4.69, 9.17) is 9.47 Å². The number of hydrogen-bond acceptors (Lipinski definition) is 3. The van der Waals surface area contributed by atoms with Crippen molar-refractivity contribution in [1.29, 1.82) is 0 Å². The molecule has 1 rings (SSSR count). The van der Waals surface area contributed by atoms with Gasteiger partial charge in [-0.3, -0.25) is 4.79 Å². The van der Waals surface area contributed by atoms with E-state index in [-0.39, 0.29) is 12.4 Å². The number of methoxy groups -OCH3 is 1. The van der Waals surface area contributed by atoms with Crippen molar-refractivity contribution in [1.82, 2.24) is 0 Å². The summed E-state index contributed by atoms with van der Waals surface area (Å²) in [6, 6.07) is 7.75. The Labute approximate surface area is 96.4 Å². The highest BCUT2D eigenvalue weighted by Crippen LogP contribution is 2.12. The van der Waals surface area contributed by atoms with Crippen LogP contribution < -0.4 is 4.74 Å². The maximum absolute atomic E-state index is 11.1. The van der Waals surface area contributed by atoms with Gasteiger partial charge in [-0.15, -0.1) is 0 Å². The molecule has 0 bridgehead atoms. The Balaban J connectivity index is 2.41. The first-order valence-corrected chi connectivity index (χ1v) is 5.48. The molecule has 0 fully saturated rings. The second-order valence-electron chi connectivity index (χ2n) is 3.57. The molecule has 0 aliphatic heterocycles. The van der Waals surface area contributed by atoms with Crippen LogP contribution in [0, 0.1) is 0 Å². The molecule has 0 aliphatic rings. The summed E-state index contributed by atoms with van der Waals surface area (Å²) in [5.41, 5.74) is 1.20. The van der Waals surface area contributed by atoms with Gasteiger partial charge in [-0.1, -0.05) is 19.1 Å². The zero-order valence-corrected chi connectivity index (χ0v) is 9.86. The molecule has 16 heavy (non-hydrogen) atoms. The summed E-state index contributed by atoms with van der Waals surface area (Å²) >= 11 is 0. The third kappa shape index (κ3) is 4.45. The molecule has 1 aromatic carbocycles. The van der Waals surface area contributed by atoms with E-state index in [1.54, 1.807) is 7.11 Å². The Kier molecular flexibility index (Phi) is 5.57. The van der Waals surface area contributed by atoms with Gasteiger partial charge < -0.3 is 9.47 Å². The van der Waals surface area contributed by atoms with E-state index < -0.39 is 0 Å². The van der Waals surface area contributed by atoms with Crippen molar-refractivity contribution in [3.63, 3.8) is 0 Å². The Hall–Kier alpha value is -1.35. The second-order valence-corrected chi connectivity index (χ2v) is 3.57. The Morgan fingerprint density at radius 3 is 2.50 bits per heavy atom. The molecule has 0 spiro atoms. The van der Waals surface area contributed by atoms with Crippen LogP contribution >= 0.6 is 0 Å². The van der Waals surface area contributed by atoms with Gasteiger partial charge in [0.1, 0.15) is 12.4 Å². The molecule has 0 saturated carbocycles. The van der Waals surface area contributed by atoms with Crippen molar-refractivity contribution in [3.8, 4) is 5.75 Å². The molecule has 0 saturated heterocycles.